The van der Waals surface area contributed by atoms with Gasteiger partial charge in [-0.2, -0.15) is 0 Å². The first-order valence-corrected chi connectivity index (χ1v) is 10.3. The lowest BCUT2D eigenvalue weighted by Gasteiger charge is -2.25. The third kappa shape index (κ3) is 9.05. The SMILES string of the molecule is CCCCC[C@H](NC(=O)[C@@H](C)CCC)C(O)C(=O)NCCc1ccccc1. The Morgan fingerprint density at radius 2 is 1.70 bits per heavy atom. The molecule has 27 heavy (non-hydrogen) atoms. The second kappa shape index (κ2) is 13.3. The molecular weight excluding hydrogens is 340 g/mol. The molecule has 3 atom stereocenters. The molecule has 0 heterocycles. The minimum absolute atomic E-state index is 0.0884. The summed E-state index contributed by atoms with van der Waals surface area (Å²) in [5, 5.41) is 16.2. The van der Waals surface area contributed by atoms with Gasteiger partial charge in [0, 0.05) is 12.5 Å². The fourth-order valence-corrected chi connectivity index (χ4v) is 3.07. The Morgan fingerprint density at radius 3 is 2.33 bits per heavy atom. The van der Waals surface area contributed by atoms with Crippen molar-refractivity contribution in [1.82, 2.24) is 10.6 Å². The maximum atomic E-state index is 12.4. The van der Waals surface area contributed by atoms with Crippen LogP contribution in [0, 0.1) is 5.92 Å². The van der Waals surface area contributed by atoms with Crippen molar-refractivity contribution in [2.24, 2.45) is 5.92 Å². The van der Waals surface area contributed by atoms with E-state index in [1.165, 1.54) is 0 Å². The first kappa shape index (κ1) is 23.2. The van der Waals surface area contributed by atoms with Crippen molar-refractivity contribution in [2.75, 3.05) is 6.54 Å². The number of benzene rings is 1. The van der Waals surface area contributed by atoms with Crippen molar-refractivity contribution in [3.8, 4) is 0 Å². The van der Waals surface area contributed by atoms with E-state index in [0.717, 1.165) is 37.7 Å². The van der Waals surface area contributed by atoms with Gasteiger partial charge in [0.05, 0.1) is 6.04 Å². The van der Waals surface area contributed by atoms with Crippen LogP contribution < -0.4 is 10.6 Å². The van der Waals surface area contributed by atoms with E-state index in [0.29, 0.717) is 19.4 Å². The molecule has 0 aliphatic rings. The van der Waals surface area contributed by atoms with Crippen LogP contribution in [0.4, 0.5) is 0 Å². The summed E-state index contributed by atoms with van der Waals surface area (Å²) in [6, 6.07) is 9.34. The van der Waals surface area contributed by atoms with Crippen LogP contribution in [0.3, 0.4) is 0 Å². The van der Waals surface area contributed by atoms with E-state index in [2.05, 4.69) is 17.6 Å². The van der Waals surface area contributed by atoms with Gasteiger partial charge < -0.3 is 15.7 Å². The maximum absolute atomic E-state index is 12.4. The highest BCUT2D eigenvalue weighted by Gasteiger charge is 2.28. The Bertz CT molecular complexity index is 548. The molecule has 5 heteroatoms. The zero-order chi connectivity index (χ0) is 20.1. The Labute approximate surface area is 163 Å². The molecule has 1 aromatic carbocycles. The van der Waals surface area contributed by atoms with E-state index in [9.17, 15) is 14.7 Å². The molecule has 0 aromatic heterocycles. The van der Waals surface area contributed by atoms with Gasteiger partial charge in [-0.15, -0.1) is 0 Å². The predicted molar refractivity (Wildman–Crippen MR) is 109 cm³/mol. The first-order valence-electron chi connectivity index (χ1n) is 10.3. The molecule has 0 saturated carbocycles. The number of nitrogens with one attached hydrogen (secondary N) is 2. The fourth-order valence-electron chi connectivity index (χ4n) is 3.07. The molecule has 0 fully saturated rings. The summed E-state index contributed by atoms with van der Waals surface area (Å²) in [5.74, 6) is -0.623. The summed E-state index contributed by atoms with van der Waals surface area (Å²) < 4.78 is 0. The molecule has 152 valence electrons. The Morgan fingerprint density at radius 1 is 1.00 bits per heavy atom. The molecule has 1 aromatic rings. The van der Waals surface area contributed by atoms with Gasteiger partial charge >= 0.3 is 0 Å². The van der Waals surface area contributed by atoms with Crippen LogP contribution in [0.15, 0.2) is 30.3 Å². The maximum Gasteiger partial charge on any atom is 0.251 e. The summed E-state index contributed by atoms with van der Waals surface area (Å²) >= 11 is 0. The number of hydrogen-bond donors (Lipinski definition) is 3. The van der Waals surface area contributed by atoms with E-state index < -0.39 is 18.1 Å². The standard InChI is InChI=1S/C22H36N2O3/c1-4-6-8-14-19(24-21(26)17(3)11-5-2)20(25)22(27)23-16-15-18-12-9-7-10-13-18/h7,9-10,12-13,17,19-20,25H,4-6,8,11,14-16H2,1-3H3,(H,23,27)(H,24,26)/t17-,19-,20?/m0/s1. The number of aliphatic hydroxyl groups excluding tert-OH is 1. The molecule has 1 unspecified atom stereocenters. The highest BCUT2D eigenvalue weighted by atomic mass is 16.3. The average Bonchev–Trinajstić information content (AvgIpc) is 2.67. The van der Waals surface area contributed by atoms with Gasteiger partial charge in [-0.05, 0) is 24.8 Å². The normalized spacial score (nSPS) is 14.2. The van der Waals surface area contributed by atoms with Gasteiger partial charge in [-0.3, -0.25) is 9.59 Å². The van der Waals surface area contributed by atoms with Gasteiger partial charge in [-0.1, -0.05) is 76.8 Å². The number of amides is 2. The quantitative estimate of drug-likeness (QED) is 0.463. The molecule has 3 N–H and O–H groups in total. The average molecular weight is 377 g/mol. The van der Waals surface area contributed by atoms with Crippen molar-refractivity contribution in [3.63, 3.8) is 0 Å². The number of unbranched alkanes of at least 4 members (excludes halogenated alkanes) is 2. The van der Waals surface area contributed by atoms with Crippen LogP contribution in [0.5, 0.6) is 0 Å². The van der Waals surface area contributed by atoms with E-state index in [-0.39, 0.29) is 11.8 Å². The minimum Gasteiger partial charge on any atom is -0.381 e. The molecule has 2 amide bonds. The third-order valence-electron chi connectivity index (χ3n) is 4.82. The Kier molecular flexibility index (Phi) is 11.4. The van der Waals surface area contributed by atoms with Gasteiger partial charge in [0.2, 0.25) is 5.91 Å². The molecule has 0 radical (unpaired) electrons. The van der Waals surface area contributed by atoms with Crippen LogP contribution in [0.1, 0.15) is 64.9 Å². The molecule has 0 spiro atoms. The Hall–Kier alpha value is -1.88. The van der Waals surface area contributed by atoms with Crippen molar-refractivity contribution in [1.29, 1.82) is 0 Å². The lowest BCUT2D eigenvalue weighted by molar-refractivity contribution is -0.133. The summed E-state index contributed by atoms with van der Waals surface area (Å²) in [4.78, 5) is 24.7. The summed E-state index contributed by atoms with van der Waals surface area (Å²) in [7, 11) is 0. The fraction of sp³-hybridized carbons (Fsp3) is 0.636. The zero-order valence-electron chi connectivity index (χ0n) is 17.0. The summed E-state index contributed by atoms with van der Waals surface area (Å²) in [5.41, 5.74) is 1.13. The lowest BCUT2D eigenvalue weighted by atomic mass is 9.99. The van der Waals surface area contributed by atoms with Crippen molar-refractivity contribution in [3.05, 3.63) is 35.9 Å². The number of rotatable bonds is 13. The van der Waals surface area contributed by atoms with E-state index in [1.54, 1.807) is 0 Å². The van der Waals surface area contributed by atoms with Crippen LogP contribution in [-0.4, -0.2) is 35.6 Å². The van der Waals surface area contributed by atoms with E-state index >= 15 is 0 Å². The largest absolute Gasteiger partial charge is 0.381 e. The van der Waals surface area contributed by atoms with Crippen molar-refractivity contribution >= 4 is 11.8 Å². The molecule has 0 bridgehead atoms. The molecule has 0 aliphatic carbocycles. The monoisotopic (exact) mass is 376 g/mol. The zero-order valence-corrected chi connectivity index (χ0v) is 17.0. The minimum atomic E-state index is -1.23. The summed E-state index contributed by atoms with van der Waals surface area (Å²) in [6.45, 7) is 6.48. The first-order chi connectivity index (χ1) is 13.0. The number of aliphatic hydroxyl groups is 1. The van der Waals surface area contributed by atoms with Crippen LogP contribution in [0.25, 0.3) is 0 Å². The molecule has 5 nitrogen and oxygen atoms in total. The molecular formula is C22H36N2O3. The Balaban J connectivity index is 2.57. The van der Waals surface area contributed by atoms with Crippen LogP contribution >= 0.6 is 0 Å². The predicted octanol–water partition coefficient (Wildman–Crippen LogP) is 3.21. The molecule has 0 saturated heterocycles. The lowest BCUT2D eigenvalue weighted by Crippen LogP contribution is -2.51. The number of carbonyl (C=O) groups is 2. The third-order valence-corrected chi connectivity index (χ3v) is 4.82. The van der Waals surface area contributed by atoms with Gasteiger partial charge in [-0.25, -0.2) is 0 Å². The second-order valence-corrected chi connectivity index (χ2v) is 7.27. The van der Waals surface area contributed by atoms with Gasteiger partial charge in [0.25, 0.3) is 5.91 Å². The second-order valence-electron chi connectivity index (χ2n) is 7.27. The van der Waals surface area contributed by atoms with Gasteiger partial charge in [0.15, 0.2) is 6.10 Å². The highest BCUT2D eigenvalue weighted by molar-refractivity contribution is 5.83. The number of carbonyl (C=O) groups excluding carboxylic acids is 2. The smallest absolute Gasteiger partial charge is 0.251 e. The van der Waals surface area contributed by atoms with Crippen LogP contribution in [-0.2, 0) is 16.0 Å². The molecule has 0 aliphatic heterocycles. The van der Waals surface area contributed by atoms with Crippen LogP contribution in [0.2, 0.25) is 0 Å². The molecule has 1 rings (SSSR count). The van der Waals surface area contributed by atoms with Crippen molar-refractivity contribution < 1.29 is 14.7 Å². The van der Waals surface area contributed by atoms with Crippen molar-refractivity contribution in [2.45, 2.75) is 77.9 Å². The van der Waals surface area contributed by atoms with E-state index in [4.69, 9.17) is 0 Å². The summed E-state index contributed by atoms with van der Waals surface area (Å²) in [6.07, 6.45) is 4.75. The van der Waals surface area contributed by atoms with Gasteiger partial charge in [0.1, 0.15) is 0 Å². The number of hydrogen-bond acceptors (Lipinski definition) is 3. The topological polar surface area (TPSA) is 78.4 Å². The van der Waals surface area contributed by atoms with E-state index in [1.807, 2.05) is 44.2 Å². The highest BCUT2D eigenvalue weighted by Crippen LogP contribution is 2.11.